The Morgan fingerprint density at radius 3 is 3.00 bits per heavy atom. The molecule has 0 saturated carbocycles. The lowest BCUT2D eigenvalue weighted by Gasteiger charge is -2.40. The maximum atomic E-state index is 10.5. The first kappa shape index (κ1) is 9.96. The minimum Gasteiger partial charge on any atom is -0.481 e. The fraction of sp³-hybridized carbons (Fsp3) is 0.455. The summed E-state index contributed by atoms with van der Waals surface area (Å²) < 4.78 is 0. The van der Waals surface area contributed by atoms with Crippen LogP contribution >= 0.6 is 0 Å². The first-order valence-corrected chi connectivity index (χ1v) is 5.04. The van der Waals surface area contributed by atoms with E-state index in [0.717, 1.165) is 24.5 Å². The maximum Gasteiger partial charge on any atom is 0.303 e. The van der Waals surface area contributed by atoms with Crippen molar-refractivity contribution < 1.29 is 9.90 Å². The van der Waals surface area contributed by atoms with Crippen molar-refractivity contribution >= 4 is 11.7 Å². The number of aliphatic carboxylic acids is 1. The van der Waals surface area contributed by atoms with E-state index in [1.165, 1.54) is 0 Å². The summed E-state index contributed by atoms with van der Waals surface area (Å²) in [6.45, 7) is 3.64. The summed E-state index contributed by atoms with van der Waals surface area (Å²) in [5, 5.41) is 8.62. The Bertz CT molecular complexity index is 373. The van der Waals surface area contributed by atoms with Gasteiger partial charge in [0.1, 0.15) is 0 Å². The molecule has 2 rings (SSSR count). The molecule has 4 nitrogen and oxygen atoms in total. The zero-order valence-corrected chi connectivity index (χ0v) is 8.68. The Hall–Kier alpha value is -1.58. The lowest BCUT2D eigenvalue weighted by atomic mass is 9.96. The third-order valence-corrected chi connectivity index (χ3v) is 2.67. The van der Waals surface area contributed by atoms with Crippen molar-refractivity contribution in [2.45, 2.75) is 13.3 Å². The Morgan fingerprint density at radius 1 is 1.67 bits per heavy atom. The minimum absolute atomic E-state index is 0.278. The molecule has 1 aliphatic heterocycles. The average Bonchev–Trinajstić information content (AvgIpc) is 2.10. The molecular weight excluding hydrogens is 192 g/mol. The van der Waals surface area contributed by atoms with Gasteiger partial charge in [0.2, 0.25) is 0 Å². The van der Waals surface area contributed by atoms with E-state index in [-0.39, 0.29) is 6.42 Å². The normalized spacial score (nSPS) is 16.2. The molecule has 0 aliphatic carbocycles. The number of aryl methyl sites for hydroxylation is 1. The number of aromatic nitrogens is 1. The highest BCUT2D eigenvalue weighted by Gasteiger charge is 2.28. The molecule has 1 aromatic heterocycles. The summed E-state index contributed by atoms with van der Waals surface area (Å²) in [5.41, 5.74) is 2.14. The van der Waals surface area contributed by atoms with Crippen LogP contribution in [0.15, 0.2) is 18.3 Å². The SMILES string of the molecule is Cc1cc(N2CC(CC(=O)O)C2)ccn1. The van der Waals surface area contributed by atoms with Crippen LogP contribution in [0.5, 0.6) is 0 Å². The molecule has 0 radical (unpaired) electrons. The lowest BCUT2D eigenvalue weighted by molar-refractivity contribution is -0.138. The summed E-state index contributed by atoms with van der Waals surface area (Å²) in [5.74, 6) is -0.401. The van der Waals surface area contributed by atoms with Gasteiger partial charge in [0.25, 0.3) is 0 Å². The number of pyridine rings is 1. The second kappa shape index (κ2) is 3.88. The fourth-order valence-corrected chi connectivity index (χ4v) is 1.88. The number of anilines is 1. The van der Waals surface area contributed by atoms with Crippen LogP contribution in [-0.4, -0.2) is 29.1 Å². The molecule has 0 atom stereocenters. The highest BCUT2D eigenvalue weighted by molar-refractivity contribution is 5.67. The van der Waals surface area contributed by atoms with E-state index in [1.807, 2.05) is 19.1 Å². The number of carbonyl (C=O) groups is 1. The van der Waals surface area contributed by atoms with E-state index in [0.29, 0.717) is 5.92 Å². The van der Waals surface area contributed by atoms with Crippen LogP contribution in [-0.2, 0) is 4.79 Å². The number of nitrogens with zero attached hydrogens (tertiary/aromatic N) is 2. The molecule has 1 aliphatic rings. The second-order valence-electron chi connectivity index (χ2n) is 4.02. The van der Waals surface area contributed by atoms with Crippen LogP contribution in [0.2, 0.25) is 0 Å². The summed E-state index contributed by atoms with van der Waals surface area (Å²) >= 11 is 0. The van der Waals surface area contributed by atoms with Crippen molar-refractivity contribution in [1.29, 1.82) is 0 Å². The van der Waals surface area contributed by atoms with E-state index in [9.17, 15) is 4.79 Å². The molecule has 1 N–H and O–H groups in total. The first-order valence-electron chi connectivity index (χ1n) is 5.04. The number of hydrogen-bond donors (Lipinski definition) is 1. The van der Waals surface area contributed by atoms with Crippen molar-refractivity contribution in [3.63, 3.8) is 0 Å². The summed E-state index contributed by atoms with van der Waals surface area (Å²) in [6, 6.07) is 3.99. The number of rotatable bonds is 3. The molecule has 1 saturated heterocycles. The minimum atomic E-state index is -0.703. The molecule has 1 aromatic rings. The molecule has 0 bridgehead atoms. The molecule has 0 spiro atoms. The number of hydrogen-bond acceptors (Lipinski definition) is 3. The summed E-state index contributed by atoms with van der Waals surface area (Å²) in [4.78, 5) is 16.8. The molecule has 0 aromatic carbocycles. The van der Waals surface area contributed by atoms with Crippen LogP contribution in [0.25, 0.3) is 0 Å². The van der Waals surface area contributed by atoms with E-state index >= 15 is 0 Å². The molecule has 1 fully saturated rings. The zero-order valence-electron chi connectivity index (χ0n) is 8.68. The molecule has 4 heteroatoms. The van der Waals surface area contributed by atoms with Gasteiger partial charge in [-0.15, -0.1) is 0 Å². The molecule has 2 heterocycles. The Morgan fingerprint density at radius 2 is 2.40 bits per heavy atom. The predicted molar refractivity (Wildman–Crippen MR) is 56.9 cm³/mol. The smallest absolute Gasteiger partial charge is 0.303 e. The fourth-order valence-electron chi connectivity index (χ4n) is 1.88. The highest BCUT2D eigenvalue weighted by atomic mass is 16.4. The molecule has 0 unspecified atom stereocenters. The molecule has 0 amide bonds. The van der Waals surface area contributed by atoms with Crippen molar-refractivity contribution in [3.05, 3.63) is 24.0 Å². The first-order chi connectivity index (χ1) is 7.15. The van der Waals surface area contributed by atoms with Crippen LogP contribution in [0, 0.1) is 12.8 Å². The Kier molecular flexibility index (Phi) is 2.58. The van der Waals surface area contributed by atoms with Gasteiger partial charge in [0.15, 0.2) is 0 Å². The van der Waals surface area contributed by atoms with Gasteiger partial charge in [-0.3, -0.25) is 9.78 Å². The third-order valence-electron chi connectivity index (χ3n) is 2.67. The van der Waals surface area contributed by atoms with Gasteiger partial charge in [-0.1, -0.05) is 0 Å². The van der Waals surface area contributed by atoms with Gasteiger partial charge in [0.05, 0.1) is 6.42 Å². The van der Waals surface area contributed by atoms with Crippen LogP contribution in [0.4, 0.5) is 5.69 Å². The zero-order chi connectivity index (χ0) is 10.8. The Balaban J connectivity index is 1.92. The largest absolute Gasteiger partial charge is 0.481 e. The van der Waals surface area contributed by atoms with E-state index in [2.05, 4.69) is 9.88 Å². The number of carboxylic acids is 1. The van der Waals surface area contributed by atoms with E-state index < -0.39 is 5.97 Å². The van der Waals surface area contributed by atoms with Crippen molar-refractivity contribution in [1.82, 2.24) is 4.98 Å². The van der Waals surface area contributed by atoms with Gasteiger partial charge >= 0.3 is 5.97 Å². The quantitative estimate of drug-likeness (QED) is 0.810. The predicted octanol–water partition coefficient (Wildman–Crippen LogP) is 1.30. The topological polar surface area (TPSA) is 53.4 Å². The van der Waals surface area contributed by atoms with Gasteiger partial charge < -0.3 is 10.0 Å². The average molecular weight is 206 g/mol. The second-order valence-corrected chi connectivity index (χ2v) is 4.02. The van der Waals surface area contributed by atoms with Crippen molar-refractivity contribution in [2.24, 2.45) is 5.92 Å². The molecule has 15 heavy (non-hydrogen) atoms. The molecular formula is C11H14N2O2. The molecule has 80 valence electrons. The lowest BCUT2D eigenvalue weighted by Crippen LogP contribution is -2.47. The van der Waals surface area contributed by atoms with Crippen molar-refractivity contribution in [2.75, 3.05) is 18.0 Å². The van der Waals surface area contributed by atoms with Gasteiger partial charge in [-0.25, -0.2) is 0 Å². The van der Waals surface area contributed by atoms with Crippen LogP contribution in [0.1, 0.15) is 12.1 Å². The van der Waals surface area contributed by atoms with Gasteiger partial charge in [0, 0.05) is 36.6 Å². The monoisotopic (exact) mass is 206 g/mol. The third kappa shape index (κ3) is 2.26. The van der Waals surface area contributed by atoms with E-state index in [1.54, 1.807) is 6.20 Å². The van der Waals surface area contributed by atoms with Gasteiger partial charge in [-0.2, -0.15) is 0 Å². The summed E-state index contributed by atoms with van der Waals surface area (Å²) in [6.07, 6.45) is 2.07. The van der Waals surface area contributed by atoms with Gasteiger partial charge in [-0.05, 0) is 19.1 Å². The van der Waals surface area contributed by atoms with E-state index in [4.69, 9.17) is 5.11 Å². The number of carboxylic acid groups (broad SMARTS) is 1. The highest BCUT2D eigenvalue weighted by Crippen LogP contribution is 2.26. The van der Waals surface area contributed by atoms with Crippen LogP contribution < -0.4 is 4.90 Å². The Labute approximate surface area is 88.6 Å². The maximum absolute atomic E-state index is 10.5. The van der Waals surface area contributed by atoms with Crippen molar-refractivity contribution in [3.8, 4) is 0 Å². The summed E-state index contributed by atoms with van der Waals surface area (Å²) in [7, 11) is 0. The van der Waals surface area contributed by atoms with Crippen LogP contribution in [0.3, 0.4) is 0 Å². The standard InChI is InChI=1S/C11H14N2O2/c1-8-4-10(2-3-12-8)13-6-9(7-13)5-11(14)15/h2-4,9H,5-7H2,1H3,(H,14,15).